The fourth-order valence-electron chi connectivity index (χ4n) is 4.91. The minimum atomic E-state index is -1.63. The van der Waals surface area contributed by atoms with Gasteiger partial charge in [0.05, 0.1) is 13.2 Å². The van der Waals surface area contributed by atoms with Gasteiger partial charge in [-0.05, 0) is 46.7 Å². The van der Waals surface area contributed by atoms with E-state index in [1.165, 1.54) is 11.1 Å². The van der Waals surface area contributed by atoms with Crippen molar-refractivity contribution in [2.24, 2.45) is 0 Å². The number of hydrogen-bond acceptors (Lipinski definition) is 6. The lowest BCUT2D eigenvalue weighted by Crippen LogP contribution is -2.63. The van der Waals surface area contributed by atoms with Crippen molar-refractivity contribution in [2.75, 3.05) is 6.61 Å². The van der Waals surface area contributed by atoms with E-state index in [0.29, 0.717) is 12.1 Å². The Bertz CT molecular complexity index is 1110. The Hall–Kier alpha value is -2.26. The molecule has 170 valence electrons. The summed E-state index contributed by atoms with van der Waals surface area (Å²) in [7, 11) is 0. The van der Waals surface area contributed by atoms with E-state index in [-0.39, 0.29) is 6.61 Å². The summed E-state index contributed by atoms with van der Waals surface area (Å²) in [6, 6.07) is 14.6. The van der Waals surface area contributed by atoms with Crippen LogP contribution in [-0.4, -0.2) is 56.0 Å². The highest BCUT2D eigenvalue weighted by Crippen LogP contribution is 2.47. The second-order valence-corrected chi connectivity index (χ2v) is 8.80. The van der Waals surface area contributed by atoms with Crippen molar-refractivity contribution >= 4 is 10.9 Å². The van der Waals surface area contributed by atoms with Gasteiger partial charge in [0, 0.05) is 23.8 Å². The maximum absolute atomic E-state index is 10.8. The molecule has 5 atom stereocenters. The molecular weight excluding hydrogens is 410 g/mol. The highest BCUT2D eigenvalue weighted by molar-refractivity contribution is 5.82. The average Bonchev–Trinajstić information content (AvgIpc) is 3.36. The molecule has 1 saturated heterocycles. The zero-order valence-corrected chi connectivity index (χ0v) is 18.0. The Morgan fingerprint density at radius 2 is 1.78 bits per heavy atom. The summed E-state index contributed by atoms with van der Waals surface area (Å²) in [6.45, 7) is 2.56. The largest absolute Gasteiger partial charge is 0.394 e. The van der Waals surface area contributed by atoms with Crippen LogP contribution in [-0.2, 0) is 34.8 Å². The molecule has 5 rings (SSSR count). The average molecular weight is 440 g/mol. The van der Waals surface area contributed by atoms with E-state index in [1.807, 2.05) is 24.4 Å². The van der Waals surface area contributed by atoms with Gasteiger partial charge in [-0.1, -0.05) is 37.6 Å². The van der Waals surface area contributed by atoms with Crippen molar-refractivity contribution in [3.05, 3.63) is 70.9 Å². The van der Waals surface area contributed by atoms with E-state index in [4.69, 9.17) is 9.47 Å². The van der Waals surface area contributed by atoms with Gasteiger partial charge in [-0.15, -0.1) is 0 Å². The molecule has 4 N–H and O–H groups in total. The van der Waals surface area contributed by atoms with E-state index in [9.17, 15) is 20.4 Å². The summed E-state index contributed by atoms with van der Waals surface area (Å²) in [5.41, 5.74) is 4.91. The predicted octanol–water partition coefficient (Wildman–Crippen LogP) is 1.80. The van der Waals surface area contributed by atoms with Gasteiger partial charge in [0.1, 0.15) is 24.4 Å². The number of aromatic nitrogens is 1. The summed E-state index contributed by atoms with van der Waals surface area (Å²) in [4.78, 5) is 0. The summed E-state index contributed by atoms with van der Waals surface area (Å²) in [6.07, 6.45) is -1.25. The van der Waals surface area contributed by atoms with Crippen LogP contribution in [0.5, 0.6) is 0 Å². The van der Waals surface area contributed by atoms with Crippen molar-refractivity contribution in [2.45, 2.75) is 63.1 Å². The molecule has 7 nitrogen and oxygen atoms in total. The van der Waals surface area contributed by atoms with Gasteiger partial charge < -0.3 is 34.5 Å². The lowest BCUT2D eigenvalue weighted by Gasteiger charge is -2.46. The van der Waals surface area contributed by atoms with Crippen LogP contribution in [0.1, 0.15) is 35.6 Å². The smallest absolute Gasteiger partial charge is 0.225 e. The third-order valence-electron chi connectivity index (χ3n) is 6.68. The molecule has 32 heavy (non-hydrogen) atoms. The summed E-state index contributed by atoms with van der Waals surface area (Å²) < 4.78 is 13.9. The van der Waals surface area contributed by atoms with Gasteiger partial charge in [0.15, 0.2) is 0 Å². The molecule has 3 aromatic rings. The van der Waals surface area contributed by atoms with Crippen molar-refractivity contribution in [1.82, 2.24) is 4.57 Å². The molecule has 2 aliphatic heterocycles. The number of aryl methyl sites for hydroxylation is 1. The third-order valence-corrected chi connectivity index (χ3v) is 6.68. The third kappa shape index (κ3) is 3.37. The van der Waals surface area contributed by atoms with E-state index >= 15 is 0 Å². The highest BCUT2D eigenvalue weighted by atomic mass is 16.7. The minimum Gasteiger partial charge on any atom is -0.394 e. The first kappa shape index (κ1) is 21.6. The molecule has 1 spiro atoms. The molecule has 0 amide bonds. The SMILES string of the molecule is CCCc1ccc(Cn2ccc3cc4c(cc32)[C@]2(OC4)O[C@H](CO)[C@@H](O)[C@H](O)[C@H]2O)cc1. The minimum absolute atomic E-state index is 0.202. The summed E-state index contributed by atoms with van der Waals surface area (Å²) in [5.74, 6) is -1.63. The van der Waals surface area contributed by atoms with E-state index in [1.54, 1.807) is 0 Å². The maximum Gasteiger partial charge on any atom is 0.225 e. The summed E-state index contributed by atoms with van der Waals surface area (Å²) in [5, 5.41) is 42.0. The molecule has 0 aliphatic carbocycles. The van der Waals surface area contributed by atoms with Gasteiger partial charge in [0.25, 0.3) is 0 Å². The first-order valence-electron chi connectivity index (χ1n) is 11.1. The number of hydrogen-bond donors (Lipinski definition) is 4. The normalized spacial score (nSPS) is 29.7. The Balaban J connectivity index is 1.51. The van der Waals surface area contributed by atoms with E-state index < -0.39 is 36.8 Å². The maximum atomic E-state index is 10.8. The number of aliphatic hydroxyl groups excluding tert-OH is 4. The number of rotatable bonds is 5. The van der Waals surface area contributed by atoms with Crippen molar-refractivity contribution in [1.29, 1.82) is 0 Å². The molecule has 1 aromatic heterocycles. The molecule has 3 heterocycles. The molecule has 0 bridgehead atoms. The molecule has 1 fully saturated rings. The van der Waals surface area contributed by atoms with Crippen molar-refractivity contribution < 1.29 is 29.9 Å². The van der Waals surface area contributed by atoms with Gasteiger partial charge >= 0.3 is 0 Å². The fraction of sp³-hybridized carbons (Fsp3) is 0.440. The van der Waals surface area contributed by atoms with E-state index in [0.717, 1.165) is 29.3 Å². The van der Waals surface area contributed by atoms with Crippen LogP contribution >= 0.6 is 0 Å². The molecule has 0 radical (unpaired) electrons. The topological polar surface area (TPSA) is 104 Å². The Morgan fingerprint density at radius 1 is 1.03 bits per heavy atom. The van der Waals surface area contributed by atoms with Crippen LogP contribution in [0.3, 0.4) is 0 Å². The van der Waals surface area contributed by atoms with Gasteiger partial charge in [-0.25, -0.2) is 0 Å². The van der Waals surface area contributed by atoms with Crippen LogP contribution in [0.2, 0.25) is 0 Å². The van der Waals surface area contributed by atoms with Crippen LogP contribution in [0, 0.1) is 0 Å². The zero-order chi connectivity index (χ0) is 22.5. The standard InChI is InChI=1S/C25H29NO6/c1-2-3-15-4-6-16(7-5-15)12-26-9-8-17-10-18-14-31-25(19(18)11-20(17)26)24(30)23(29)22(28)21(13-27)32-25/h4-11,21-24,27-30H,2-3,12-14H2,1H3/t21-,22-,23+,24-,25+/m1/s1. The first-order valence-corrected chi connectivity index (χ1v) is 11.1. The Kier molecular flexibility index (Phi) is 5.57. The highest BCUT2D eigenvalue weighted by Gasteiger charge is 2.58. The lowest BCUT2D eigenvalue weighted by molar-refractivity contribution is -0.368. The van der Waals surface area contributed by atoms with Crippen LogP contribution in [0.15, 0.2) is 48.7 Å². The predicted molar refractivity (Wildman–Crippen MR) is 118 cm³/mol. The van der Waals surface area contributed by atoms with Crippen LogP contribution in [0.25, 0.3) is 10.9 Å². The number of aliphatic hydroxyl groups is 4. The molecule has 0 saturated carbocycles. The van der Waals surface area contributed by atoms with Gasteiger partial charge in [0.2, 0.25) is 5.79 Å². The molecule has 2 aliphatic rings. The van der Waals surface area contributed by atoms with Crippen LogP contribution in [0.4, 0.5) is 0 Å². The monoisotopic (exact) mass is 439 g/mol. The number of benzene rings is 2. The Labute approximate surface area is 186 Å². The van der Waals surface area contributed by atoms with Crippen LogP contribution < -0.4 is 0 Å². The van der Waals surface area contributed by atoms with E-state index in [2.05, 4.69) is 35.8 Å². The Morgan fingerprint density at radius 3 is 2.50 bits per heavy atom. The molecule has 7 heteroatoms. The second-order valence-electron chi connectivity index (χ2n) is 8.80. The molecule has 2 aromatic carbocycles. The fourth-order valence-corrected chi connectivity index (χ4v) is 4.91. The van der Waals surface area contributed by atoms with Gasteiger partial charge in [-0.2, -0.15) is 0 Å². The van der Waals surface area contributed by atoms with Crippen molar-refractivity contribution in [3.63, 3.8) is 0 Å². The quantitative estimate of drug-likeness (QED) is 0.483. The van der Waals surface area contributed by atoms with Crippen molar-refractivity contribution in [3.8, 4) is 0 Å². The second kappa shape index (κ2) is 8.26. The van der Waals surface area contributed by atoms with Gasteiger partial charge in [-0.3, -0.25) is 0 Å². The first-order chi connectivity index (χ1) is 15.5. The molecular formula is C25H29NO6. The summed E-state index contributed by atoms with van der Waals surface area (Å²) >= 11 is 0. The number of nitrogens with zero attached hydrogens (tertiary/aromatic N) is 1. The number of fused-ring (bicyclic) bond motifs is 3. The lowest BCUT2D eigenvalue weighted by atomic mass is 9.87. The molecule has 0 unspecified atom stereocenters. The number of ether oxygens (including phenoxy) is 2. The zero-order valence-electron chi connectivity index (χ0n) is 18.0.